The molecule has 0 aromatic carbocycles. The molecule has 0 aliphatic carbocycles. The summed E-state index contributed by atoms with van der Waals surface area (Å²) in [6.07, 6.45) is 2.37. The minimum Gasteiger partial charge on any atom is -0.436 e. The third kappa shape index (κ3) is 2.79. The van der Waals surface area contributed by atoms with Gasteiger partial charge >= 0.3 is 0 Å². The average molecular weight is 308 g/mol. The SMILES string of the molecule is CCc1nc(C)ccc1Oc1ncc(N)cc1Br. The van der Waals surface area contributed by atoms with Crippen LogP contribution in [0.3, 0.4) is 0 Å². The second-order valence-electron chi connectivity index (χ2n) is 3.91. The topological polar surface area (TPSA) is 61.0 Å². The Labute approximate surface area is 114 Å². The highest BCUT2D eigenvalue weighted by atomic mass is 79.9. The van der Waals surface area contributed by atoms with Gasteiger partial charge in [0.1, 0.15) is 0 Å². The van der Waals surface area contributed by atoms with Gasteiger partial charge in [0.2, 0.25) is 5.88 Å². The Balaban J connectivity index is 2.33. The van der Waals surface area contributed by atoms with Crippen LogP contribution in [-0.2, 0) is 6.42 Å². The molecule has 2 aromatic rings. The van der Waals surface area contributed by atoms with Crippen molar-refractivity contribution in [2.75, 3.05) is 5.73 Å². The zero-order valence-corrected chi connectivity index (χ0v) is 11.9. The lowest BCUT2D eigenvalue weighted by Crippen LogP contribution is -1.98. The Kier molecular flexibility index (Phi) is 3.81. The number of anilines is 1. The van der Waals surface area contributed by atoms with E-state index in [0.29, 0.717) is 11.6 Å². The first-order valence-electron chi connectivity index (χ1n) is 5.65. The van der Waals surface area contributed by atoms with Crippen LogP contribution in [0.25, 0.3) is 0 Å². The summed E-state index contributed by atoms with van der Waals surface area (Å²) in [7, 11) is 0. The van der Waals surface area contributed by atoms with Crippen molar-refractivity contribution in [2.45, 2.75) is 20.3 Å². The van der Waals surface area contributed by atoms with Gasteiger partial charge < -0.3 is 10.5 Å². The van der Waals surface area contributed by atoms with E-state index in [1.54, 1.807) is 12.3 Å². The summed E-state index contributed by atoms with van der Waals surface area (Å²) in [5.41, 5.74) is 8.12. The molecule has 2 heterocycles. The van der Waals surface area contributed by atoms with Crippen LogP contribution in [0.15, 0.2) is 28.9 Å². The number of hydrogen-bond acceptors (Lipinski definition) is 4. The highest BCUT2D eigenvalue weighted by molar-refractivity contribution is 9.10. The third-order valence-electron chi connectivity index (χ3n) is 2.44. The largest absolute Gasteiger partial charge is 0.436 e. The Hall–Kier alpha value is -1.62. The fraction of sp³-hybridized carbons (Fsp3) is 0.231. The van der Waals surface area contributed by atoms with E-state index in [1.807, 2.05) is 26.0 Å². The molecule has 0 unspecified atom stereocenters. The van der Waals surface area contributed by atoms with E-state index in [0.717, 1.165) is 28.0 Å². The molecule has 5 heteroatoms. The van der Waals surface area contributed by atoms with Gasteiger partial charge in [-0.25, -0.2) is 4.98 Å². The minimum absolute atomic E-state index is 0.490. The van der Waals surface area contributed by atoms with E-state index in [2.05, 4.69) is 25.9 Å². The maximum Gasteiger partial charge on any atom is 0.233 e. The minimum atomic E-state index is 0.490. The lowest BCUT2D eigenvalue weighted by atomic mass is 10.2. The summed E-state index contributed by atoms with van der Waals surface area (Å²) in [5.74, 6) is 1.21. The molecule has 4 nitrogen and oxygen atoms in total. The summed E-state index contributed by atoms with van der Waals surface area (Å²) in [5, 5.41) is 0. The first kappa shape index (κ1) is 12.8. The number of aromatic nitrogens is 2. The molecule has 0 bridgehead atoms. The third-order valence-corrected chi connectivity index (χ3v) is 3.01. The smallest absolute Gasteiger partial charge is 0.233 e. The second kappa shape index (κ2) is 5.35. The zero-order valence-electron chi connectivity index (χ0n) is 10.3. The fourth-order valence-electron chi connectivity index (χ4n) is 1.56. The van der Waals surface area contributed by atoms with Crippen LogP contribution in [0.4, 0.5) is 5.69 Å². The fourth-order valence-corrected chi connectivity index (χ4v) is 2.01. The first-order chi connectivity index (χ1) is 8.60. The van der Waals surface area contributed by atoms with Crippen LogP contribution in [0.1, 0.15) is 18.3 Å². The van der Waals surface area contributed by atoms with Crippen LogP contribution >= 0.6 is 15.9 Å². The molecule has 0 saturated carbocycles. The quantitative estimate of drug-likeness (QED) is 0.943. The Morgan fingerprint density at radius 2 is 2.17 bits per heavy atom. The van der Waals surface area contributed by atoms with Crippen molar-refractivity contribution in [1.29, 1.82) is 0 Å². The van der Waals surface area contributed by atoms with Gasteiger partial charge in [-0.1, -0.05) is 6.92 Å². The number of nitrogens with two attached hydrogens (primary N) is 1. The molecular formula is C13H14BrN3O. The summed E-state index contributed by atoms with van der Waals surface area (Å²) in [6.45, 7) is 4.00. The van der Waals surface area contributed by atoms with Crippen molar-refractivity contribution in [3.8, 4) is 11.6 Å². The number of ether oxygens (including phenoxy) is 1. The molecular weight excluding hydrogens is 294 g/mol. The molecule has 0 radical (unpaired) electrons. The number of halogens is 1. The maximum atomic E-state index is 5.77. The molecule has 0 spiro atoms. The predicted molar refractivity (Wildman–Crippen MR) is 74.8 cm³/mol. The van der Waals surface area contributed by atoms with E-state index < -0.39 is 0 Å². The van der Waals surface area contributed by atoms with Gasteiger partial charge in [0.05, 0.1) is 22.1 Å². The van der Waals surface area contributed by atoms with Crippen molar-refractivity contribution in [3.05, 3.63) is 40.3 Å². The monoisotopic (exact) mass is 307 g/mol. The molecule has 18 heavy (non-hydrogen) atoms. The maximum absolute atomic E-state index is 5.77. The summed E-state index contributed by atoms with van der Waals surface area (Å²) < 4.78 is 6.49. The molecule has 0 aliphatic rings. The highest BCUT2D eigenvalue weighted by Gasteiger charge is 2.09. The van der Waals surface area contributed by atoms with Gasteiger partial charge in [0.15, 0.2) is 5.75 Å². The molecule has 0 saturated heterocycles. The molecule has 2 N–H and O–H groups in total. The number of aryl methyl sites for hydroxylation is 2. The number of nitrogens with zero attached hydrogens (tertiary/aromatic N) is 2. The van der Waals surface area contributed by atoms with Gasteiger partial charge in [-0.3, -0.25) is 4.98 Å². The standard InChI is InChI=1S/C13H14BrN3O/c1-3-11-12(5-4-8(2)17-11)18-13-10(14)6-9(15)7-16-13/h4-7H,3,15H2,1-2H3. The highest BCUT2D eigenvalue weighted by Crippen LogP contribution is 2.30. The van der Waals surface area contributed by atoms with Gasteiger partial charge in [0.25, 0.3) is 0 Å². The van der Waals surface area contributed by atoms with Crippen molar-refractivity contribution < 1.29 is 4.74 Å². The van der Waals surface area contributed by atoms with Crippen LogP contribution < -0.4 is 10.5 Å². The molecule has 2 rings (SSSR count). The van der Waals surface area contributed by atoms with E-state index >= 15 is 0 Å². The van der Waals surface area contributed by atoms with Crippen molar-refractivity contribution in [3.63, 3.8) is 0 Å². The van der Waals surface area contributed by atoms with Gasteiger partial charge in [0, 0.05) is 5.69 Å². The van der Waals surface area contributed by atoms with Crippen molar-refractivity contribution >= 4 is 21.6 Å². The van der Waals surface area contributed by atoms with E-state index in [9.17, 15) is 0 Å². The number of hydrogen-bond donors (Lipinski definition) is 1. The van der Waals surface area contributed by atoms with E-state index in [-0.39, 0.29) is 0 Å². The summed E-state index contributed by atoms with van der Waals surface area (Å²) in [6, 6.07) is 5.58. The van der Waals surface area contributed by atoms with Gasteiger partial charge in [-0.2, -0.15) is 0 Å². The zero-order chi connectivity index (χ0) is 13.1. The summed E-state index contributed by atoms with van der Waals surface area (Å²) >= 11 is 3.38. The molecule has 94 valence electrons. The Bertz CT molecular complexity index is 572. The molecule has 0 atom stereocenters. The molecule has 2 aromatic heterocycles. The lowest BCUT2D eigenvalue weighted by molar-refractivity contribution is 0.451. The second-order valence-corrected chi connectivity index (χ2v) is 4.76. The average Bonchev–Trinajstić information content (AvgIpc) is 2.34. The predicted octanol–water partition coefficient (Wildman–Crippen LogP) is 3.48. The Morgan fingerprint density at radius 1 is 1.39 bits per heavy atom. The lowest BCUT2D eigenvalue weighted by Gasteiger charge is -2.10. The van der Waals surface area contributed by atoms with Crippen molar-refractivity contribution in [2.24, 2.45) is 0 Å². The number of pyridine rings is 2. The van der Waals surface area contributed by atoms with Gasteiger partial charge in [-0.05, 0) is 47.5 Å². The van der Waals surface area contributed by atoms with E-state index in [4.69, 9.17) is 10.5 Å². The first-order valence-corrected chi connectivity index (χ1v) is 6.45. The molecule has 0 fully saturated rings. The number of nitrogen functional groups attached to an aromatic ring is 1. The normalized spacial score (nSPS) is 10.4. The van der Waals surface area contributed by atoms with Crippen LogP contribution in [0.2, 0.25) is 0 Å². The summed E-state index contributed by atoms with van der Waals surface area (Å²) in [4.78, 5) is 8.59. The van der Waals surface area contributed by atoms with Crippen LogP contribution in [0, 0.1) is 6.92 Å². The van der Waals surface area contributed by atoms with Crippen LogP contribution in [-0.4, -0.2) is 9.97 Å². The van der Waals surface area contributed by atoms with E-state index in [1.165, 1.54) is 0 Å². The number of rotatable bonds is 3. The van der Waals surface area contributed by atoms with Crippen molar-refractivity contribution in [1.82, 2.24) is 9.97 Å². The van der Waals surface area contributed by atoms with Crippen LogP contribution in [0.5, 0.6) is 11.6 Å². The van der Waals surface area contributed by atoms with Gasteiger partial charge in [-0.15, -0.1) is 0 Å². The molecule has 0 aliphatic heterocycles. The Morgan fingerprint density at radius 3 is 2.83 bits per heavy atom. The molecule has 0 amide bonds.